The summed E-state index contributed by atoms with van der Waals surface area (Å²) in [5.74, 6) is 1.03. The zero-order valence-corrected chi connectivity index (χ0v) is 25.5. The van der Waals surface area contributed by atoms with Crippen LogP contribution >= 0.6 is 12.4 Å². The van der Waals surface area contributed by atoms with E-state index in [2.05, 4.69) is 47.1 Å². The second-order valence-electron chi connectivity index (χ2n) is 13.7. The Bertz CT molecular complexity index is 1110. The van der Waals surface area contributed by atoms with Gasteiger partial charge in [-0.25, -0.2) is 4.79 Å². The van der Waals surface area contributed by atoms with Crippen LogP contribution in [0.3, 0.4) is 0 Å². The van der Waals surface area contributed by atoms with Crippen molar-refractivity contribution in [2.75, 3.05) is 26.7 Å². The van der Waals surface area contributed by atoms with Crippen LogP contribution in [-0.4, -0.2) is 87.8 Å². The molecule has 0 N–H and O–H groups in total. The fourth-order valence-corrected chi connectivity index (χ4v) is 9.05. The molecule has 1 spiro atoms. The smallest absolute Gasteiger partial charge is 0.327 e. The summed E-state index contributed by atoms with van der Waals surface area (Å²) in [5, 5.41) is 0. The second-order valence-corrected chi connectivity index (χ2v) is 13.7. The molecule has 40 heavy (non-hydrogen) atoms. The molecule has 1 saturated carbocycles. The van der Waals surface area contributed by atoms with Crippen LogP contribution in [0.1, 0.15) is 90.0 Å². The number of amides is 4. The van der Waals surface area contributed by atoms with Crippen LogP contribution in [0.15, 0.2) is 30.3 Å². The van der Waals surface area contributed by atoms with Crippen molar-refractivity contribution >= 4 is 30.3 Å². The first-order chi connectivity index (χ1) is 18.6. The molecular weight excluding hydrogens is 524 g/mol. The number of hydrogen-bond acceptors (Lipinski definition) is 4. The van der Waals surface area contributed by atoms with Crippen LogP contribution in [-0.2, 0) is 9.59 Å². The molecule has 7 nitrogen and oxygen atoms in total. The number of carbonyl (C=O) groups is 3. The molecule has 5 fully saturated rings. The zero-order chi connectivity index (χ0) is 27.5. The van der Waals surface area contributed by atoms with Crippen molar-refractivity contribution in [3.05, 3.63) is 35.9 Å². The average Bonchev–Trinajstić information content (AvgIpc) is 3.50. The lowest BCUT2D eigenvalue weighted by Gasteiger charge is -2.48. The number of likely N-dealkylation sites (N-methyl/N-ethyl adjacent to an activating group) is 1. The molecular formula is C32H47ClN4O3. The lowest BCUT2D eigenvalue weighted by molar-refractivity contribution is -0.142. The maximum Gasteiger partial charge on any atom is 0.327 e. The van der Waals surface area contributed by atoms with Crippen molar-refractivity contribution in [2.45, 2.75) is 108 Å². The van der Waals surface area contributed by atoms with E-state index in [0.717, 1.165) is 71.0 Å². The molecule has 0 radical (unpaired) electrons. The van der Waals surface area contributed by atoms with E-state index in [4.69, 9.17) is 0 Å². The van der Waals surface area contributed by atoms with Crippen molar-refractivity contribution < 1.29 is 14.4 Å². The fourth-order valence-electron chi connectivity index (χ4n) is 9.05. The fraction of sp³-hybridized carbons (Fsp3) is 0.719. The summed E-state index contributed by atoms with van der Waals surface area (Å²) in [6, 6.07) is 11.2. The number of piperidine rings is 1. The highest BCUT2D eigenvalue weighted by atomic mass is 35.5. The Labute approximate surface area is 246 Å². The Morgan fingerprint density at radius 1 is 0.975 bits per heavy atom. The number of hydrogen-bond donors (Lipinski definition) is 0. The lowest BCUT2D eigenvalue weighted by atomic mass is 9.74. The number of rotatable bonds is 5. The van der Waals surface area contributed by atoms with E-state index in [0.29, 0.717) is 29.8 Å². The van der Waals surface area contributed by atoms with Gasteiger partial charge in [-0.1, -0.05) is 56.5 Å². The van der Waals surface area contributed by atoms with Gasteiger partial charge in [-0.2, -0.15) is 0 Å². The Kier molecular flexibility index (Phi) is 8.03. The number of fused-ring (bicyclic) bond motifs is 2. The van der Waals surface area contributed by atoms with Gasteiger partial charge in [0.2, 0.25) is 5.91 Å². The Morgan fingerprint density at radius 3 is 2.20 bits per heavy atom. The maximum atomic E-state index is 13.9. The van der Waals surface area contributed by atoms with Gasteiger partial charge in [-0.3, -0.25) is 19.4 Å². The summed E-state index contributed by atoms with van der Waals surface area (Å²) in [4.78, 5) is 48.5. The molecule has 1 aromatic rings. The van der Waals surface area contributed by atoms with Gasteiger partial charge < -0.3 is 9.80 Å². The van der Waals surface area contributed by atoms with Crippen LogP contribution in [0.4, 0.5) is 4.79 Å². The van der Waals surface area contributed by atoms with Crippen molar-refractivity contribution in [1.29, 1.82) is 0 Å². The molecule has 2 unspecified atom stereocenters. The van der Waals surface area contributed by atoms with Gasteiger partial charge in [-0.05, 0) is 63.9 Å². The highest BCUT2D eigenvalue weighted by Crippen LogP contribution is 2.49. The quantitative estimate of drug-likeness (QED) is 0.451. The van der Waals surface area contributed by atoms with E-state index in [1.54, 1.807) is 7.05 Å². The predicted octanol–water partition coefficient (Wildman–Crippen LogP) is 5.29. The van der Waals surface area contributed by atoms with Gasteiger partial charge in [0.25, 0.3) is 5.91 Å². The van der Waals surface area contributed by atoms with Crippen molar-refractivity contribution in [1.82, 2.24) is 19.6 Å². The van der Waals surface area contributed by atoms with Crippen LogP contribution in [0, 0.1) is 11.3 Å². The maximum absolute atomic E-state index is 13.9. The molecule has 4 heterocycles. The first-order valence-electron chi connectivity index (χ1n) is 15.4. The number of halogens is 1. The van der Waals surface area contributed by atoms with E-state index in [9.17, 15) is 14.4 Å². The van der Waals surface area contributed by atoms with E-state index in [-0.39, 0.29) is 35.8 Å². The van der Waals surface area contributed by atoms with Gasteiger partial charge in [0, 0.05) is 56.1 Å². The SMILES string of the molecule is CC(C)N1C(=O)N(C)C(=O)C12CC1CCC(C2)N1C[C@H]1CN(C(=O)C2(C)CCCCC2)C[C@@H]1c1ccccc1.Cl. The molecule has 1 aromatic carbocycles. The summed E-state index contributed by atoms with van der Waals surface area (Å²) in [6.45, 7) is 8.82. The summed E-state index contributed by atoms with van der Waals surface area (Å²) >= 11 is 0. The number of likely N-dealkylation sites (tertiary alicyclic amines) is 1. The first kappa shape index (κ1) is 29.4. The summed E-state index contributed by atoms with van der Waals surface area (Å²) < 4.78 is 0. The minimum atomic E-state index is -0.700. The third-order valence-corrected chi connectivity index (χ3v) is 11.0. The largest absolute Gasteiger partial charge is 0.341 e. The van der Waals surface area contributed by atoms with Gasteiger partial charge in [0.05, 0.1) is 0 Å². The van der Waals surface area contributed by atoms with Crippen molar-refractivity contribution in [3.63, 3.8) is 0 Å². The van der Waals surface area contributed by atoms with Crippen molar-refractivity contribution in [2.24, 2.45) is 11.3 Å². The molecule has 0 aromatic heterocycles. The monoisotopic (exact) mass is 570 g/mol. The molecule has 5 aliphatic rings. The minimum Gasteiger partial charge on any atom is -0.341 e. The van der Waals surface area contributed by atoms with E-state index in [1.165, 1.54) is 16.9 Å². The highest BCUT2D eigenvalue weighted by Gasteiger charge is 2.63. The second kappa shape index (κ2) is 10.9. The minimum absolute atomic E-state index is 0. The summed E-state index contributed by atoms with van der Waals surface area (Å²) in [6.07, 6.45) is 9.17. The third kappa shape index (κ3) is 4.65. The molecule has 220 valence electrons. The Morgan fingerprint density at radius 2 is 1.60 bits per heavy atom. The lowest BCUT2D eigenvalue weighted by Crippen LogP contribution is -2.62. The summed E-state index contributed by atoms with van der Waals surface area (Å²) in [5.41, 5.74) is 0.415. The molecule has 1 aliphatic carbocycles. The number of carbonyl (C=O) groups excluding carboxylic acids is 3. The first-order valence-corrected chi connectivity index (χ1v) is 15.4. The van der Waals surface area contributed by atoms with Gasteiger partial charge >= 0.3 is 6.03 Å². The van der Waals surface area contributed by atoms with Gasteiger partial charge in [0.15, 0.2) is 0 Å². The number of nitrogens with zero attached hydrogens (tertiary/aromatic N) is 4. The topological polar surface area (TPSA) is 64.2 Å². The summed E-state index contributed by atoms with van der Waals surface area (Å²) in [7, 11) is 1.64. The molecule has 8 heteroatoms. The molecule has 4 saturated heterocycles. The van der Waals surface area contributed by atoms with E-state index >= 15 is 0 Å². The number of urea groups is 1. The Hall–Kier alpha value is -2.12. The van der Waals surface area contributed by atoms with Crippen LogP contribution in [0.5, 0.6) is 0 Å². The molecule has 6 rings (SSSR count). The molecule has 4 atom stereocenters. The van der Waals surface area contributed by atoms with Gasteiger partial charge in [0.1, 0.15) is 5.54 Å². The van der Waals surface area contributed by atoms with E-state index < -0.39 is 5.54 Å². The van der Waals surface area contributed by atoms with Crippen LogP contribution < -0.4 is 0 Å². The highest BCUT2D eigenvalue weighted by molar-refractivity contribution is 6.07. The standard InChI is InChI=1S/C32H46N4O3.ClH/c1-22(2)36-30(39)33(4)29(38)32(36)17-25-13-14-26(18-32)35(25)20-24-19-34(21-27(24)23-11-7-5-8-12-23)28(37)31(3)15-9-6-10-16-31;/h5,7-8,11-12,22,24-27H,6,9-10,13-21H2,1-4H3;1H/t24-,25?,26?,27-,32?;/m1./s1. The average molecular weight is 571 g/mol. The number of imide groups is 1. The predicted molar refractivity (Wildman–Crippen MR) is 158 cm³/mol. The zero-order valence-electron chi connectivity index (χ0n) is 24.7. The normalized spacial score (nSPS) is 33.8. The van der Waals surface area contributed by atoms with Gasteiger partial charge in [-0.15, -0.1) is 12.4 Å². The van der Waals surface area contributed by atoms with Crippen molar-refractivity contribution in [3.8, 4) is 0 Å². The Balaban J connectivity index is 0.00000323. The van der Waals surface area contributed by atoms with E-state index in [1.807, 2.05) is 18.7 Å². The molecule has 4 amide bonds. The van der Waals surface area contributed by atoms with Crippen LogP contribution in [0.2, 0.25) is 0 Å². The molecule has 4 aliphatic heterocycles. The molecule has 2 bridgehead atoms. The van der Waals surface area contributed by atoms with Crippen LogP contribution in [0.25, 0.3) is 0 Å². The number of benzene rings is 1. The third-order valence-electron chi connectivity index (χ3n) is 11.0.